The Morgan fingerprint density at radius 1 is 1.27 bits per heavy atom. The number of hydrogen-bond donors (Lipinski definition) is 1. The van der Waals surface area contributed by atoms with Crippen LogP contribution in [0.2, 0.25) is 0 Å². The predicted octanol–water partition coefficient (Wildman–Crippen LogP) is 1.58. The zero-order chi connectivity index (χ0) is 15.4. The highest BCUT2D eigenvalue weighted by Gasteiger charge is 2.17. The molecule has 22 heavy (non-hydrogen) atoms. The fourth-order valence-corrected chi connectivity index (χ4v) is 2.41. The van der Waals surface area contributed by atoms with E-state index in [1.807, 2.05) is 24.3 Å². The molecule has 0 atom stereocenters. The third-order valence-corrected chi connectivity index (χ3v) is 3.56. The Labute approximate surface area is 127 Å². The van der Waals surface area contributed by atoms with Gasteiger partial charge in [0.2, 0.25) is 17.7 Å². The van der Waals surface area contributed by atoms with Gasteiger partial charge in [-0.1, -0.05) is 12.1 Å². The third kappa shape index (κ3) is 3.33. The van der Waals surface area contributed by atoms with Gasteiger partial charge in [0, 0.05) is 25.2 Å². The van der Waals surface area contributed by atoms with Crippen LogP contribution in [0.5, 0.6) is 0 Å². The minimum absolute atomic E-state index is 0.0245. The van der Waals surface area contributed by atoms with Gasteiger partial charge in [-0.2, -0.15) is 0 Å². The van der Waals surface area contributed by atoms with E-state index in [-0.39, 0.29) is 18.4 Å². The van der Waals surface area contributed by atoms with Crippen molar-refractivity contribution in [1.29, 1.82) is 0 Å². The number of nitrogens with zero attached hydrogens (tertiary/aromatic N) is 2. The lowest BCUT2D eigenvalue weighted by Gasteiger charge is -2.14. The largest absolute Gasteiger partial charge is 0.437 e. The van der Waals surface area contributed by atoms with Gasteiger partial charge in [-0.25, -0.2) is 4.98 Å². The summed E-state index contributed by atoms with van der Waals surface area (Å²) < 4.78 is 5.47. The normalized spacial score (nSPS) is 14.8. The Morgan fingerprint density at radius 2 is 2.05 bits per heavy atom. The number of likely N-dealkylation sites (tertiary alicyclic amines) is 1. The Morgan fingerprint density at radius 3 is 2.82 bits per heavy atom. The number of carbonyl (C=O) groups excluding carboxylic acids is 2. The highest BCUT2D eigenvalue weighted by molar-refractivity contribution is 5.94. The zero-order valence-corrected chi connectivity index (χ0v) is 12.1. The van der Waals surface area contributed by atoms with Crippen molar-refractivity contribution >= 4 is 29.0 Å². The van der Waals surface area contributed by atoms with Gasteiger partial charge in [-0.05, 0) is 25.0 Å². The van der Waals surface area contributed by atoms with E-state index < -0.39 is 0 Å². The highest BCUT2D eigenvalue weighted by atomic mass is 16.3. The summed E-state index contributed by atoms with van der Waals surface area (Å²) in [4.78, 5) is 29.5. The lowest BCUT2D eigenvalue weighted by molar-refractivity contribution is -0.131. The molecule has 1 aromatic heterocycles. The van der Waals surface area contributed by atoms with E-state index in [2.05, 4.69) is 10.3 Å². The molecular formula is C16H17N3O3. The predicted molar refractivity (Wildman–Crippen MR) is 81.9 cm³/mol. The summed E-state index contributed by atoms with van der Waals surface area (Å²) in [6.07, 6.45) is 4.90. The summed E-state index contributed by atoms with van der Waals surface area (Å²) in [6, 6.07) is 7.38. The maximum atomic E-state index is 11.8. The Kier molecular flexibility index (Phi) is 4.18. The minimum Gasteiger partial charge on any atom is -0.437 e. The molecule has 6 heteroatoms. The van der Waals surface area contributed by atoms with Crippen molar-refractivity contribution in [2.45, 2.75) is 12.8 Å². The van der Waals surface area contributed by atoms with Gasteiger partial charge >= 0.3 is 0 Å². The van der Waals surface area contributed by atoms with Crippen molar-refractivity contribution in [3.63, 3.8) is 0 Å². The minimum atomic E-state index is -0.338. The fourth-order valence-electron chi connectivity index (χ4n) is 2.41. The summed E-state index contributed by atoms with van der Waals surface area (Å²) in [5.41, 5.74) is 1.42. The number of rotatable bonds is 4. The number of amides is 2. The second kappa shape index (κ2) is 6.43. The molecule has 114 valence electrons. The number of fused-ring (bicyclic) bond motifs is 1. The number of para-hydroxylation sites is 2. The Balaban J connectivity index is 1.53. The maximum Gasteiger partial charge on any atom is 0.244 e. The van der Waals surface area contributed by atoms with E-state index in [0.29, 0.717) is 11.5 Å². The molecule has 0 radical (unpaired) electrons. The maximum absolute atomic E-state index is 11.8. The topological polar surface area (TPSA) is 75.4 Å². The van der Waals surface area contributed by atoms with Crippen LogP contribution in [0.4, 0.5) is 0 Å². The molecule has 1 fully saturated rings. The lowest BCUT2D eigenvalue weighted by Crippen LogP contribution is -2.38. The van der Waals surface area contributed by atoms with Crippen LogP contribution in [0.15, 0.2) is 34.8 Å². The number of carbonyl (C=O) groups is 2. The number of aromatic nitrogens is 1. The second-order valence-electron chi connectivity index (χ2n) is 5.16. The van der Waals surface area contributed by atoms with Crippen LogP contribution in [-0.2, 0) is 9.59 Å². The molecule has 2 aromatic rings. The molecule has 6 nitrogen and oxygen atoms in total. The van der Waals surface area contributed by atoms with Gasteiger partial charge in [0.25, 0.3) is 0 Å². The van der Waals surface area contributed by atoms with Crippen LogP contribution in [-0.4, -0.2) is 41.3 Å². The van der Waals surface area contributed by atoms with Crippen LogP contribution >= 0.6 is 0 Å². The first-order chi connectivity index (χ1) is 10.7. The molecule has 2 heterocycles. The van der Waals surface area contributed by atoms with Crippen molar-refractivity contribution in [2.75, 3.05) is 19.6 Å². The third-order valence-electron chi connectivity index (χ3n) is 3.56. The van der Waals surface area contributed by atoms with Crippen LogP contribution in [0.25, 0.3) is 17.2 Å². The molecule has 0 bridgehead atoms. The van der Waals surface area contributed by atoms with E-state index in [4.69, 9.17) is 4.42 Å². The summed E-state index contributed by atoms with van der Waals surface area (Å²) in [5.74, 6) is -0.0156. The van der Waals surface area contributed by atoms with Gasteiger partial charge < -0.3 is 14.6 Å². The van der Waals surface area contributed by atoms with Gasteiger partial charge in [-0.3, -0.25) is 9.59 Å². The summed E-state index contributed by atoms with van der Waals surface area (Å²) in [6.45, 7) is 1.59. The van der Waals surface area contributed by atoms with Crippen molar-refractivity contribution in [3.8, 4) is 0 Å². The molecular weight excluding hydrogens is 282 g/mol. The Hall–Kier alpha value is -2.63. The monoisotopic (exact) mass is 299 g/mol. The van der Waals surface area contributed by atoms with Gasteiger partial charge in [0.05, 0.1) is 6.54 Å². The number of nitrogens with one attached hydrogen (secondary N) is 1. The summed E-state index contributed by atoms with van der Waals surface area (Å²) >= 11 is 0. The number of hydrogen-bond acceptors (Lipinski definition) is 4. The summed E-state index contributed by atoms with van der Waals surface area (Å²) in [7, 11) is 0. The van der Waals surface area contributed by atoms with Crippen molar-refractivity contribution < 1.29 is 14.0 Å². The first kappa shape index (κ1) is 14.3. The van der Waals surface area contributed by atoms with Crippen LogP contribution in [0, 0.1) is 0 Å². The molecule has 1 aliphatic heterocycles. The van der Waals surface area contributed by atoms with Crippen molar-refractivity contribution in [2.24, 2.45) is 0 Å². The van der Waals surface area contributed by atoms with E-state index in [0.717, 1.165) is 31.4 Å². The molecule has 1 aromatic carbocycles. The highest BCUT2D eigenvalue weighted by Crippen LogP contribution is 2.15. The van der Waals surface area contributed by atoms with Crippen LogP contribution in [0.3, 0.4) is 0 Å². The van der Waals surface area contributed by atoms with E-state index in [1.54, 1.807) is 4.90 Å². The average Bonchev–Trinajstić information content (AvgIpc) is 3.19. The first-order valence-corrected chi connectivity index (χ1v) is 7.31. The molecule has 1 saturated heterocycles. The zero-order valence-electron chi connectivity index (χ0n) is 12.1. The SMILES string of the molecule is O=C(/C=C/c1nc2ccccc2o1)NCC(=O)N1CCCC1. The lowest BCUT2D eigenvalue weighted by atomic mass is 10.3. The van der Waals surface area contributed by atoms with E-state index in [1.165, 1.54) is 12.2 Å². The van der Waals surface area contributed by atoms with Crippen LogP contribution in [0.1, 0.15) is 18.7 Å². The molecule has 3 rings (SSSR count). The summed E-state index contributed by atoms with van der Waals surface area (Å²) in [5, 5.41) is 2.58. The molecule has 2 amide bonds. The van der Waals surface area contributed by atoms with Gasteiger partial charge in [0.1, 0.15) is 5.52 Å². The molecule has 0 unspecified atom stereocenters. The van der Waals surface area contributed by atoms with Crippen molar-refractivity contribution in [3.05, 3.63) is 36.2 Å². The quantitative estimate of drug-likeness (QED) is 0.870. The van der Waals surface area contributed by atoms with Gasteiger partial charge in [-0.15, -0.1) is 0 Å². The van der Waals surface area contributed by atoms with E-state index >= 15 is 0 Å². The molecule has 1 N–H and O–H groups in total. The number of benzene rings is 1. The Bertz CT molecular complexity index is 681. The molecule has 0 spiro atoms. The second-order valence-corrected chi connectivity index (χ2v) is 5.16. The van der Waals surface area contributed by atoms with Gasteiger partial charge in [0.15, 0.2) is 5.58 Å². The average molecular weight is 299 g/mol. The molecule has 1 aliphatic rings. The molecule has 0 saturated carbocycles. The molecule has 0 aliphatic carbocycles. The van der Waals surface area contributed by atoms with E-state index in [9.17, 15) is 9.59 Å². The number of oxazole rings is 1. The smallest absolute Gasteiger partial charge is 0.244 e. The standard InChI is InChI=1S/C16H17N3O3/c20-14(17-11-16(21)19-9-3-4-10-19)7-8-15-18-12-5-1-2-6-13(12)22-15/h1-2,5-8H,3-4,9-11H2,(H,17,20)/b8-7+. The van der Waals surface area contributed by atoms with Crippen LogP contribution < -0.4 is 5.32 Å². The fraction of sp³-hybridized carbons (Fsp3) is 0.312. The first-order valence-electron chi connectivity index (χ1n) is 7.31. The van der Waals surface area contributed by atoms with Crippen molar-refractivity contribution in [1.82, 2.24) is 15.2 Å².